The maximum absolute atomic E-state index is 11.0. The Bertz CT molecular complexity index is 372. The normalized spacial score (nSPS) is 15.1. The van der Waals surface area contributed by atoms with Gasteiger partial charge in [0, 0.05) is 9.35 Å². The van der Waals surface area contributed by atoms with E-state index in [1.54, 1.807) is 19.9 Å². The molecule has 1 heterocycles. The summed E-state index contributed by atoms with van der Waals surface area (Å²) in [6.45, 7) is 3.54. The topological polar surface area (TPSA) is 57.5 Å². The third-order valence-electron chi connectivity index (χ3n) is 2.30. The van der Waals surface area contributed by atoms with Crippen molar-refractivity contribution >= 4 is 44.8 Å². The predicted octanol–water partition coefficient (Wildman–Crippen LogP) is 3.55. The van der Waals surface area contributed by atoms with Gasteiger partial charge in [-0.3, -0.25) is 4.79 Å². The summed E-state index contributed by atoms with van der Waals surface area (Å²) >= 11 is 10.3. The van der Waals surface area contributed by atoms with E-state index >= 15 is 0 Å². The van der Waals surface area contributed by atoms with Crippen LogP contribution in [0.25, 0.3) is 0 Å². The van der Waals surface area contributed by atoms with E-state index in [9.17, 15) is 9.90 Å². The van der Waals surface area contributed by atoms with E-state index in [-0.39, 0.29) is 5.92 Å². The maximum Gasteiger partial charge on any atom is 0.309 e. The standard InChI is InChI=1S/C10H12BrClO3S/c1-4(2)7(10(14)15)8(13)6-3-5(11)9(12)16-6/h3-4,7-8,13H,1-2H3,(H,14,15). The Morgan fingerprint density at radius 3 is 2.44 bits per heavy atom. The summed E-state index contributed by atoms with van der Waals surface area (Å²) in [5.74, 6) is -1.96. The van der Waals surface area contributed by atoms with Gasteiger partial charge in [-0.1, -0.05) is 25.4 Å². The van der Waals surface area contributed by atoms with E-state index in [1.807, 2.05) is 0 Å². The van der Waals surface area contributed by atoms with Gasteiger partial charge in [0.25, 0.3) is 0 Å². The molecule has 3 nitrogen and oxygen atoms in total. The Labute approximate surface area is 111 Å². The molecule has 1 aromatic heterocycles. The van der Waals surface area contributed by atoms with Gasteiger partial charge in [-0.25, -0.2) is 0 Å². The molecule has 90 valence electrons. The molecule has 2 unspecified atom stereocenters. The summed E-state index contributed by atoms with van der Waals surface area (Å²) < 4.78 is 1.20. The molecule has 0 bridgehead atoms. The number of aliphatic hydroxyl groups is 1. The first-order valence-corrected chi connectivity index (χ1v) is 6.69. The lowest BCUT2D eigenvalue weighted by molar-refractivity contribution is -0.148. The van der Waals surface area contributed by atoms with Crippen LogP contribution < -0.4 is 0 Å². The van der Waals surface area contributed by atoms with Crippen molar-refractivity contribution in [2.75, 3.05) is 0 Å². The van der Waals surface area contributed by atoms with Gasteiger partial charge in [-0.2, -0.15) is 0 Å². The van der Waals surface area contributed by atoms with E-state index in [2.05, 4.69) is 15.9 Å². The Balaban J connectivity index is 2.99. The number of aliphatic carboxylic acids is 1. The number of hydrogen-bond acceptors (Lipinski definition) is 3. The molecule has 0 spiro atoms. The summed E-state index contributed by atoms with van der Waals surface area (Å²) in [5, 5.41) is 19.1. The second-order valence-corrected chi connectivity index (χ2v) is 6.36. The highest BCUT2D eigenvalue weighted by molar-refractivity contribution is 9.10. The quantitative estimate of drug-likeness (QED) is 0.889. The summed E-state index contributed by atoms with van der Waals surface area (Å²) in [6, 6.07) is 1.66. The molecule has 0 saturated carbocycles. The zero-order chi connectivity index (χ0) is 12.5. The fourth-order valence-electron chi connectivity index (χ4n) is 1.47. The van der Waals surface area contributed by atoms with Crippen molar-refractivity contribution in [3.63, 3.8) is 0 Å². The molecule has 6 heteroatoms. The van der Waals surface area contributed by atoms with Crippen LogP contribution in [0.1, 0.15) is 24.8 Å². The van der Waals surface area contributed by atoms with E-state index in [0.717, 1.165) is 0 Å². The first kappa shape index (κ1) is 14.0. The van der Waals surface area contributed by atoms with Crippen molar-refractivity contribution in [3.8, 4) is 0 Å². The van der Waals surface area contributed by atoms with Gasteiger partial charge in [0.2, 0.25) is 0 Å². The third-order valence-corrected chi connectivity index (χ3v) is 4.84. The minimum Gasteiger partial charge on any atom is -0.481 e. The van der Waals surface area contributed by atoms with Crippen LogP contribution in [0.15, 0.2) is 10.5 Å². The Morgan fingerprint density at radius 2 is 2.12 bits per heavy atom. The Hall–Kier alpha value is -0.100. The smallest absolute Gasteiger partial charge is 0.309 e. The van der Waals surface area contributed by atoms with E-state index in [0.29, 0.717) is 13.7 Å². The molecule has 1 aromatic rings. The van der Waals surface area contributed by atoms with Crippen LogP contribution in [0.5, 0.6) is 0 Å². The van der Waals surface area contributed by atoms with Crippen LogP contribution in [0.2, 0.25) is 4.34 Å². The molecule has 0 aliphatic carbocycles. The van der Waals surface area contributed by atoms with Crippen molar-refractivity contribution < 1.29 is 15.0 Å². The van der Waals surface area contributed by atoms with Gasteiger partial charge >= 0.3 is 5.97 Å². The van der Waals surface area contributed by atoms with E-state index < -0.39 is 18.0 Å². The molecule has 0 aliphatic rings. The lowest BCUT2D eigenvalue weighted by Gasteiger charge is -2.21. The lowest BCUT2D eigenvalue weighted by Crippen LogP contribution is -2.26. The zero-order valence-corrected chi connectivity index (χ0v) is 11.9. The molecule has 0 amide bonds. The fraction of sp³-hybridized carbons (Fsp3) is 0.500. The van der Waals surface area contributed by atoms with Crippen LogP contribution in [-0.2, 0) is 4.79 Å². The highest BCUT2D eigenvalue weighted by Gasteiger charge is 2.32. The number of carboxylic acid groups (broad SMARTS) is 1. The molecule has 16 heavy (non-hydrogen) atoms. The van der Waals surface area contributed by atoms with Crippen LogP contribution in [-0.4, -0.2) is 16.2 Å². The molecular formula is C10H12BrClO3S. The highest BCUT2D eigenvalue weighted by atomic mass is 79.9. The summed E-state index contributed by atoms with van der Waals surface area (Å²) in [5.41, 5.74) is 0. The second-order valence-electron chi connectivity index (χ2n) is 3.82. The SMILES string of the molecule is CC(C)C(C(=O)O)C(O)c1cc(Br)c(Cl)s1. The van der Waals surface area contributed by atoms with Crippen molar-refractivity contribution in [3.05, 3.63) is 19.8 Å². The lowest BCUT2D eigenvalue weighted by atomic mass is 9.89. The van der Waals surface area contributed by atoms with Crippen molar-refractivity contribution in [2.24, 2.45) is 11.8 Å². The first-order valence-electron chi connectivity index (χ1n) is 4.70. The van der Waals surface area contributed by atoms with E-state index in [4.69, 9.17) is 16.7 Å². The number of hydrogen-bond donors (Lipinski definition) is 2. The van der Waals surface area contributed by atoms with Gasteiger partial charge in [-0.05, 0) is 27.9 Å². The number of aliphatic hydroxyl groups excluding tert-OH is 1. The third kappa shape index (κ3) is 2.97. The molecule has 0 saturated heterocycles. The monoisotopic (exact) mass is 326 g/mol. The number of halogens is 2. The largest absolute Gasteiger partial charge is 0.481 e. The minimum atomic E-state index is -1.02. The number of carboxylic acids is 1. The number of thiophene rings is 1. The molecule has 0 aromatic carbocycles. The predicted molar refractivity (Wildman–Crippen MR) is 68.0 cm³/mol. The van der Waals surface area contributed by atoms with Gasteiger partial charge in [-0.15, -0.1) is 11.3 Å². The fourth-order valence-corrected chi connectivity index (χ4v) is 3.24. The molecule has 0 radical (unpaired) electrons. The van der Waals surface area contributed by atoms with Crippen LogP contribution in [0.4, 0.5) is 0 Å². The van der Waals surface area contributed by atoms with Crippen LogP contribution in [0, 0.1) is 11.8 Å². The molecule has 0 fully saturated rings. The van der Waals surface area contributed by atoms with Crippen molar-refractivity contribution in [1.29, 1.82) is 0 Å². The van der Waals surface area contributed by atoms with E-state index in [1.165, 1.54) is 11.3 Å². The second kappa shape index (κ2) is 5.49. The molecule has 2 N–H and O–H groups in total. The van der Waals surface area contributed by atoms with Crippen molar-refractivity contribution in [2.45, 2.75) is 20.0 Å². The first-order chi connectivity index (χ1) is 7.34. The number of rotatable bonds is 4. The van der Waals surface area contributed by atoms with Gasteiger partial charge in [0.15, 0.2) is 0 Å². The summed E-state index contributed by atoms with van der Waals surface area (Å²) in [4.78, 5) is 11.6. The van der Waals surface area contributed by atoms with Gasteiger partial charge in [0.1, 0.15) is 10.4 Å². The highest BCUT2D eigenvalue weighted by Crippen LogP contribution is 2.39. The Kier molecular flexibility index (Phi) is 4.79. The Morgan fingerprint density at radius 1 is 1.56 bits per heavy atom. The maximum atomic E-state index is 11.0. The summed E-state index contributed by atoms with van der Waals surface area (Å²) in [7, 11) is 0. The average Bonchev–Trinajstić information content (AvgIpc) is 2.45. The number of carbonyl (C=O) groups is 1. The molecule has 1 rings (SSSR count). The molecule has 2 atom stereocenters. The zero-order valence-electron chi connectivity index (χ0n) is 8.78. The average molecular weight is 328 g/mol. The van der Waals surface area contributed by atoms with Crippen LogP contribution >= 0.6 is 38.9 Å². The van der Waals surface area contributed by atoms with Crippen molar-refractivity contribution in [1.82, 2.24) is 0 Å². The van der Waals surface area contributed by atoms with Gasteiger partial charge in [0.05, 0.1) is 5.92 Å². The summed E-state index contributed by atoms with van der Waals surface area (Å²) in [6.07, 6.45) is -1.02. The minimum absolute atomic E-state index is 0.146. The van der Waals surface area contributed by atoms with Gasteiger partial charge < -0.3 is 10.2 Å². The van der Waals surface area contributed by atoms with Crippen LogP contribution in [0.3, 0.4) is 0 Å². The molecular weight excluding hydrogens is 316 g/mol. The molecule has 0 aliphatic heterocycles.